The van der Waals surface area contributed by atoms with Crippen molar-refractivity contribution in [2.75, 3.05) is 37.4 Å². The van der Waals surface area contributed by atoms with Gasteiger partial charge in [0.1, 0.15) is 15.3 Å². The van der Waals surface area contributed by atoms with Gasteiger partial charge in [-0.3, -0.25) is 19.1 Å². The summed E-state index contributed by atoms with van der Waals surface area (Å²) in [6, 6.07) is 8.95. The van der Waals surface area contributed by atoms with Gasteiger partial charge in [0, 0.05) is 24.1 Å². The lowest BCUT2D eigenvalue weighted by molar-refractivity contribution is -0.136. The number of nitrogens with one attached hydrogen (secondary N) is 2. The fourth-order valence-electron chi connectivity index (χ4n) is 2.77. The molecule has 0 aliphatic carbocycles. The molecule has 0 atom stereocenters. The molecule has 2 aromatic rings. The molecule has 0 bridgehead atoms. The van der Waals surface area contributed by atoms with Crippen LogP contribution in [0, 0.1) is 11.3 Å². The number of carbonyl (C=O) groups excluding carboxylic acids is 2. The number of nitriles is 1. The first-order chi connectivity index (χ1) is 15.3. The van der Waals surface area contributed by atoms with Crippen LogP contribution in [0.2, 0.25) is 0 Å². The molecule has 0 fully saturated rings. The number of benzene rings is 1. The van der Waals surface area contributed by atoms with Crippen LogP contribution in [-0.2, 0) is 20.9 Å². The molecule has 2 rings (SSSR count). The largest absolute Gasteiger partial charge is 0.462 e. The van der Waals surface area contributed by atoms with Gasteiger partial charge in [0.15, 0.2) is 5.57 Å². The molecular formula is C22H27N5O4S. The monoisotopic (exact) mass is 457 g/mol. The van der Waals surface area contributed by atoms with Crippen molar-refractivity contribution in [2.24, 2.45) is 0 Å². The number of thiazole rings is 1. The zero-order valence-electron chi connectivity index (χ0n) is 18.6. The zero-order chi connectivity index (χ0) is 23.7. The summed E-state index contributed by atoms with van der Waals surface area (Å²) in [7, 11) is 1.86. The van der Waals surface area contributed by atoms with E-state index in [2.05, 4.69) is 10.6 Å². The van der Waals surface area contributed by atoms with E-state index in [1.165, 1.54) is 10.8 Å². The minimum absolute atomic E-state index is 0.122. The Bertz CT molecular complexity index is 1190. The average molecular weight is 458 g/mol. The Labute approximate surface area is 190 Å². The molecule has 1 aromatic carbocycles. The van der Waals surface area contributed by atoms with Gasteiger partial charge in [0.25, 0.3) is 5.56 Å². The van der Waals surface area contributed by atoms with Crippen LogP contribution in [0.25, 0.3) is 11.8 Å². The Morgan fingerprint density at radius 1 is 1.28 bits per heavy atom. The summed E-state index contributed by atoms with van der Waals surface area (Å²) in [4.78, 5) is 38.8. The van der Waals surface area contributed by atoms with E-state index in [0.717, 1.165) is 17.9 Å². The summed E-state index contributed by atoms with van der Waals surface area (Å²) < 4.78 is 6.89. The van der Waals surface area contributed by atoms with E-state index >= 15 is 0 Å². The van der Waals surface area contributed by atoms with Crippen molar-refractivity contribution in [3.05, 3.63) is 43.8 Å². The second-order valence-electron chi connectivity index (χ2n) is 6.78. The van der Waals surface area contributed by atoms with Gasteiger partial charge in [-0.15, -0.1) is 11.3 Å². The summed E-state index contributed by atoms with van der Waals surface area (Å²) in [6.07, 6.45) is 1.52. The highest BCUT2D eigenvalue weighted by atomic mass is 32.1. The van der Waals surface area contributed by atoms with E-state index in [4.69, 9.17) is 4.74 Å². The van der Waals surface area contributed by atoms with Gasteiger partial charge in [0.05, 0.1) is 13.2 Å². The van der Waals surface area contributed by atoms with Gasteiger partial charge in [-0.05, 0) is 45.6 Å². The SMILES string of the molecule is CCOC(=O)C(C#N)=c1sc(=CNc2cccc(NC(=O)CN(C)CC)c2)c(=O)n1CC. The van der Waals surface area contributed by atoms with E-state index in [1.807, 2.05) is 24.9 Å². The molecule has 0 spiro atoms. The lowest BCUT2D eigenvalue weighted by Gasteiger charge is -2.13. The molecule has 170 valence electrons. The third-order valence-corrected chi connectivity index (χ3v) is 5.63. The highest BCUT2D eigenvalue weighted by molar-refractivity contribution is 7.07. The van der Waals surface area contributed by atoms with Crippen LogP contribution in [0.5, 0.6) is 0 Å². The van der Waals surface area contributed by atoms with Crippen LogP contribution in [0.3, 0.4) is 0 Å². The number of carbonyl (C=O) groups is 2. The molecule has 9 nitrogen and oxygen atoms in total. The Kier molecular flexibility index (Phi) is 9.19. The Hall–Kier alpha value is -3.42. The number of likely N-dealkylation sites (N-methyl/N-ethyl adjacent to an activating group) is 1. The number of anilines is 2. The molecule has 1 heterocycles. The Morgan fingerprint density at radius 2 is 2.00 bits per heavy atom. The maximum Gasteiger partial charge on any atom is 0.351 e. The van der Waals surface area contributed by atoms with Gasteiger partial charge in [-0.1, -0.05) is 13.0 Å². The van der Waals surface area contributed by atoms with E-state index in [1.54, 1.807) is 38.1 Å². The normalized spacial score (nSPS) is 12.3. The first-order valence-corrected chi connectivity index (χ1v) is 11.0. The van der Waals surface area contributed by atoms with Crippen LogP contribution in [-0.4, -0.2) is 48.1 Å². The maximum absolute atomic E-state index is 12.8. The molecule has 2 N–H and O–H groups in total. The molecule has 1 amide bonds. The summed E-state index contributed by atoms with van der Waals surface area (Å²) >= 11 is 1.04. The van der Waals surface area contributed by atoms with Crippen molar-refractivity contribution >= 4 is 46.4 Å². The highest BCUT2D eigenvalue weighted by Gasteiger charge is 2.16. The number of nitrogens with zero attached hydrogens (tertiary/aromatic N) is 3. The first kappa shape index (κ1) is 24.8. The average Bonchev–Trinajstić information content (AvgIpc) is 3.08. The van der Waals surface area contributed by atoms with Crippen molar-refractivity contribution < 1.29 is 14.3 Å². The standard InChI is InChI=1S/C22H27N5O4S/c1-5-26(4)14-19(28)25-16-10-8-9-15(11-16)24-13-18-20(29)27(6-2)21(32-18)17(12-23)22(30)31-7-3/h8-11,13,24H,5-7,14H2,1-4H3,(H,25,28). The number of hydrogen-bond donors (Lipinski definition) is 2. The van der Waals surface area contributed by atoms with Crippen molar-refractivity contribution in [3.63, 3.8) is 0 Å². The number of aromatic nitrogens is 1. The van der Waals surface area contributed by atoms with Crippen molar-refractivity contribution in [2.45, 2.75) is 27.3 Å². The smallest absolute Gasteiger partial charge is 0.351 e. The fraction of sp³-hybridized carbons (Fsp3) is 0.364. The third kappa shape index (κ3) is 6.29. The summed E-state index contributed by atoms with van der Waals surface area (Å²) in [5.41, 5.74) is 0.776. The van der Waals surface area contributed by atoms with Gasteiger partial charge < -0.3 is 15.4 Å². The topological polar surface area (TPSA) is 116 Å². The molecular weight excluding hydrogens is 430 g/mol. The van der Waals surface area contributed by atoms with E-state index in [-0.39, 0.29) is 34.9 Å². The number of amides is 1. The number of ether oxygens (including phenoxy) is 1. The van der Waals surface area contributed by atoms with Crippen molar-refractivity contribution in [1.82, 2.24) is 9.47 Å². The van der Waals surface area contributed by atoms with Gasteiger partial charge in [-0.2, -0.15) is 5.26 Å². The maximum atomic E-state index is 12.8. The predicted molar refractivity (Wildman–Crippen MR) is 125 cm³/mol. The highest BCUT2D eigenvalue weighted by Crippen LogP contribution is 2.15. The predicted octanol–water partition coefficient (Wildman–Crippen LogP) is 0.907. The molecule has 0 saturated heterocycles. The molecule has 32 heavy (non-hydrogen) atoms. The fourth-order valence-corrected chi connectivity index (χ4v) is 3.85. The molecule has 0 radical (unpaired) electrons. The minimum Gasteiger partial charge on any atom is -0.462 e. The van der Waals surface area contributed by atoms with Gasteiger partial charge >= 0.3 is 5.97 Å². The van der Waals surface area contributed by atoms with E-state index < -0.39 is 5.97 Å². The third-order valence-electron chi connectivity index (χ3n) is 4.50. The van der Waals surface area contributed by atoms with Crippen LogP contribution >= 0.6 is 11.3 Å². The lowest BCUT2D eigenvalue weighted by Crippen LogP contribution is -2.32. The van der Waals surface area contributed by atoms with E-state index in [0.29, 0.717) is 22.5 Å². The van der Waals surface area contributed by atoms with Gasteiger partial charge in [0.2, 0.25) is 5.91 Å². The number of hydrogen-bond acceptors (Lipinski definition) is 8. The number of rotatable bonds is 9. The van der Waals surface area contributed by atoms with Crippen LogP contribution < -0.4 is 25.4 Å². The second-order valence-corrected chi connectivity index (χ2v) is 7.81. The molecule has 10 heteroatoms. The Balaban J connectivity index is 2.34. The Morgan fingerprint density at radius 3 is 2.62 bits per heavy atom. The van der Waals surface area contributed by atoms with Crippen LogP contribution in [0.1, 0.15) is 20.8 Å². The summed E-state index contributed by atoms with van der Waals surface area (Å²) in [5.74, 6) is -0.877. The molecule has 0 aliphatic heterocycles. The quantitative estimate of drug-likeness (QED) is 0.538. The van der Waals surface area contributed by atoms with Crippen LogP contribution in [0.15, 0.2) is 29.1 Å². The second kappa shape index (κ2) is 11.8. The molecule has 0 aliphatic rings. The van der Waals surface area contributed by atoms with Crippen LogP contribution in [0.4, 0.5) is 11.4 Å². The minimum atomic E-state index is -0.755. The zero-order valence-corrected chi connectivity index (χ0v) is 19.4. The molecule has 0 unspecified atom stereocenters. The summed E-state index contributed by atoms with van der Waals surface area (Å²) in [5, 5.41) is 15.3. The van der Waals surface area contributed by atoms with E-state index in [9.17, 15) is 19.6 Å². The van der Waals surface area contributed by atoms with Crippen molar-refractivity contribution in [1.29, 1.82) is 5.26 Å². The lowest BCUT2D eigenvalue weighted by atomic mass is 10.2. The first-order valence-electron chi connectivity index (χ1n) is 10.2. The summed E-state index contributed by atoms with van der Waals surface area (Å²) in [6.45, 7) is 6.87. The number of esters is 1. The molecule has 1 aromatic heterocycles. The van der Waals surface area contributed by atoms with Gasteiger partial charge in [-0.25, -0.2) is 4.79 Å². The van der Waals surface area contributed by atoms with Crippen molar-refractivity contribution in [3.8, 4) is 6.07 Å². The molecule has 0 saturated carbocycles.